The van der Waals surface area contributed by atoms with Crippen molar-refractivity contribution in [2.75, 3.05) is 0 Å². The molecular formula is C14H12O3S. The maximum Gasteiger partial charge on any atom is 0.287 e. The lowest BCUT2D eigenvalue weighted by Gasteiger charge is -2.05. The number of hydrogen-bond acceptors (Lipinski definition) is 2. The molecule has 0 bridgehead atoms. The van der Waals surface area contributed by atoms with Gasteiger partial charge in [-0.3, -0.25) is 4.55 Å². The molecular weight excluding hydrogens is 248 g/mol. The minimum absolute atomic E-state index is 0.737. The molecule has 0 amide bonds. The standard InChI is InChI=1S/C14H12O3S/c15-18(16,17)11-10-13-8-4-5-9-14(13)12-6-2-1-3-7-12/h1-11H,(H,15,16,17). The van der Waals surface area contributed by atoms with Gasteiger partial charge in [-0.15, -0.1) is 0 Å². The molecule has 0 heterocycles. The van der Waals surface area contributed by atoms with Crippen LogP contribution in [0.3, 0.4) is 0 Å². The van der Waals surface area contributed by atoms with E-state index in [1.54, 1.807) is 6.07 Å². The molecule has 2 aromatic rings. The highest BCUT2D eigenvalue weighted by molar-refractivity contribution is 7.88. The average molecular weight is 260 g/mol. The zero-order valence-corrected chi connectivity index (χ0v) is 10.3. The van der Waals surface area contributed by atoms with Gasteiger partial charge >= 0.3 is 0 Å². The number of rotatable bonds is 3. The van der Waals surface area contributed by atoms with Crippen LogP contribution in [0.1, 0.15) is 5.56 Å². The quantitative estimate of drug-likeness (QED) is 0.862. The van der Waals surface area contributed by atoms with Crippen molar-refractivity contribution in [3.63, 3.8) is 0 Å². The summed E-state index contributed by atoms with van der Waals surface area (Å²) in [6, 6.07) is 17.0. The SMILES string of the molecule is O=S(=O)(O)C=Cc1ccccc1-c1ccccc1. The summed E-state index contributed by atoms with van der Waals surface area (Å²) in [5.41, 5.74) is 2.65. The summed E-state index contributed by atoms with van der Waals surface area (Å²) in [6.07, 6.45) is 1.39. The number of benzene rings is 2. The van der Waals surface area contributed by atoms with Gasteiger partial charge in [0, 0.05) is 0 Å². The molecule has 3 nitrogen and oxygen atoms in total. The van der Waals surface area contributed by atoms with Gasteiger partial charge < -0.3 is 0 Å². The summed E-state index contributed by atoms with van der Waals surface area (Å²) < 4.78 is 30.2. The van der Waals surface area contributed by atoms with Crippen molar-refractivity contribution in [2.45, 2.75) is 0 Å². The number of hydrogen-bond donors (Lipinski definition) is 1. The summed E-state index contributed by atoms with van der Waals surface area (Å²) in [4.78, 5) is 0. The minimum atomic E-state index is -4.10. The van der Waals surface area contributed by atoms with Gasteiger partial charge in [-0.2, -0.15) is 8.42 Å². The Morgan fingerprint density at radius 1 is 0.889 bits per heavy atom. The summed E-state index contributed by atoms with van der Waals surface area (Å²) in [5, 5.41) is 0.786. The van der Waals surface area contributed by atoms with Gasteiger partial charge in [0.15, 0.2) is 0 Å². The van der Waals surface area contributed by atoms with Gasteiger partial charge in [-0.1, -0.05) is 54.6 Å². The molecule has 0 fully saturated rings. The van der Waals surface area contributed by atoms with Crippen LogP contribution in [0, 0.1) is 0 Å². The summed E-state index contributed by atoms with van der Waals surface area (Å²) >= 11 is 0. The highest BCUT2D eigenvalue weighted by atomic mass is 32.2. The van der Waals surface area contributed by atoms with Crippen LogP contribution in [-0.4, -0.2) is 13.0 Å². The van der Waals surface area contributed by atoms with Crippen molar-refractivity contribution < 1.29 is 13.0 Å². The van der Waals surface area contributed by atoms with E-state index in [0.717, 1.165) is 22.1 Å². The van der Waals surface area contributed by atoms with Gasteiger partial charge in [0.25, 0.3) is 10.1 Å². The predicted octanol–water partition coefficient (Wildman–Crippen LogP) is 3.21. The maximum atomic E-state index is 10.7. The zero-order valence-electron chi connectivity index (χ0n) is 9.52. The van der Waals surface area contributed by atoms with E-state index in [1.165, 1.54) is 6.08 Å². The molecule has 4 heteroatoms. The second-order valence-corrected chi connectivity index (χ2v) is 5.07. The van der Waals surface area contributed by atoms with Crippen molar-refractivity contribution in [3.05, 3.63) is 65.6 Å². The average Bonchev–Trinajstić information content (AvgIpc) is 2.37. The molecule has 1 N–H and O–H groups in total. The van der Waals surface area contributed by atoms with E-state index in [2.05, 4.69) is 0 Å². The Bertz CT molecular complexity index is 658. The lowest BCUT2D eigenvalue weighted by Crippen LogP contribution is -1.90. The van der Waals surface area contributed by atoms with Gasteiger partial charge in [-0.25, -0.2) is 0 Å². The minimum Gasteiger partial charge on any atom is -0.282 e. The molecule has 0 spiro atoms. The lowest BCUT2D eigenvalue weighted by atomic mass is 10.00. The van der Waals surface area contributed by atoms with E-state index < -0.39 is 10.1 Å². The Morgan fingerprint density at radius 3 is 2.17 bits per heavy atom. The third-order valence-electron chi connectivity index (χ3n) is 2.47. The first-order valence-electron chi connectivity index (χ1n) is 5.36. The van der Waals surface area contributed by atoms with Crippen molar-refractivity contribution in [1.82, 2.24) is 0 Å². The fraction of sp³-hybridized carbons (Fsp3) is 0. The molecule has 2 aromatic carbocycles. The van der Waals surface area contributed by atoms with Crippen LogP contribution in [0.4, 0.5) is 0 Å². The van der Waals surface area contributed by atoms with Crippen molar-refractivity contribution in [3.8, 4) is 11.1 Å². The molecule has 0 saturated heterocycles. The molecule has 0 radical (unpaired) electrons. The molecule has 0 unspecified atom stereocenters. The molecule has 0 saturated carbocycles. The maximum absolute atomic E-state index is 10.7. The van der Waals surface area contributed by atoms with Gasteiger partial charge in [-0.05, 0) is 22.8 Å². The van der Waals surface area contributed by atoms with Gasteiger partial charge in [0.2, 0.25) is 0 Å². The molecule has 0 aliphatic rings. The van der Waals surface area contributed by atoms with Crippen molar-refractivity contribution in [2.24, 2.45) is 0 Å². The lowest BCUT2D eigenvalue weighted by molar-refractivity contribution is 0.494. The smallest absolute Gasteiger partial charge is 0.282 e. The predicted molar refractivity (Wildman–Crippen MR) is 72.5 cm³/mol. The summed E-state index contributed by atoms with van der Waals surface area (Å²) in [6.45, 7) is 0. The Kier molecular flexibility index (Phi) is 3.60. The van der Waals surface area contributed by atoms with Crippen LogP contribution >= 0.6 is 0 Å². The highest BCUT2D eigenvalue weighted by Crippen LogP contribution is 2.24. The molecule has 92 valence electrons. The van der Waals surface area contributed by atoms with Gasteiger partial charge in [0.1, 0.15) is 0 Å². The molecule has 18 heavy (non-hydrogen) atoms. The van der Waals surface area contributed by atoms with E-state index in [9.17, 15) is 8.42 Å². The zero-order chi connectivity index (χ0) is 13.0. The van der Waals surface area contributed by atoms with Crippen LogP contribution in [0.15, 0.2) is 60.0 Å². The van der Waals surface area contributed by atoms with E-state index in [-0.39, 0.29) is 0 Å². The molecule has 2 rings (SSSR count). The molecule has 0 atom stereocenters. The molecule has 0 aliphatic carbocycles. The van der Waals surface area contributed by atoms with Crippen molar-refractivity contribution in [1.29, 1.82) is 0 Å². The van der Waals surface area contributed by atoms with E-state index >= 15 is 0 Å². The first kappa shape index (κ1) is 12.5. The fourth-order valence-corrected chi connectivity index (χ4v) is 2.00. The van der Waals surface area contributed by atoms with E-state index in [1.807, 2.05) is 48.5 Å². The fourth-order valence-electron chi connectivity index (χ4n) is 1.68. The van der Waals surface area contributed by atoms with Crippen LogP contribution in [0.5, 0.6) is 0 Å². The third kappa shape index (κ3) is 3.29. The van der Waals surface area contributed by atoms with Crippen LogP contribution in [0.25, 0.3) is 17.2 Å². The van der Waals surface area contributed by atoms with Gasteiger partial charge in [0.05, 0.1) is 5.41 Å². The second-order valence-electron chi connectivity index (χ2n) is 3.77. The Hall–Kier alpha value is -1.91. The molecule has 0 aromatic heterocycles. The largest absolute Gasteiger partial charge is 0.287 e. The van der Waals surface area contributed by atoms with Crippen LogP contribution < -0.4 is 0 Å². The second kappa shape index (κ2) is 5.16. The first-order chi connectivity index (χ1) is 8.56. The Labute approximate surface area is 106 Å². The highest BCUT2D eigenvalue weighted by Gasteiger charge is 2.02. The van der Waals surface area contributed by atoms with Crippen LogP contribution in [0.2, 0.25) is 0 Å². The molecule has 0 aliphatic heterocycles. The third-order valence-corrected chi connectivity index (χ3v) is 2.95. The summed E-state index contributed by atoms with van der Waals surface area (Å²) in [7, 11) is -4.10. The normalized spacial score (nSPS) is 11.8. The Morgan fingerprint density at radius 2 is 1.50 bits per heavy atom. The topological polar surface area (TPSA) is 54.4 Å². The monoisotopic (exact) mass is 260 g/mol. The van der Waals surface area contributed by atoms with Crippen molar-refractivity contribution >= 4 is 16.2 Å². The van der Waals surface area contributed by atoms with E-state index in [0.29, 0.717) is 0 Å². The summed E-state index contributed by atoms with van der Waals surface area (Å²) in [5.74, 6) is 0. The Balaban J connectivity index is 2.48. The van der Waals surface area contributed by atoms with Crippen LogP contribution in [-0.2, 0) is 10.1 Å². The first-order valence-corrected chi connectivity index (χ1v) is 6.86. The van der Waals surface area contributed by atoms with E-state index in [4.69, 9.17) is 4.55 Å².